The first kappa shape index (κ1) is 19.8. The number of ether oxygens (including phenoxy) is 3. The molecule has 0 saturated heterocycles. The van der Waals surface area contributed by atoms with E-state index in [9.17, 15) is 4.79 Å². The molecule has 0 aromatic heterocycles. The number of carbonyl (C=O) groups excluding carboxylic acids is 1. The fraction of sp³-hybridized carbons (Fsp3) is 0.409. The van der Waals surface area contributed by atoms with E-state index >= 15 is 0 Å². The van der Waals surface area contributed by atoms with Crippen LogP contribution >= 0.6 is 0 Å². The van der Waals surface area contributed by atoms with Gasteiger partial charge in [0.15, 0.2) is 11.5 Å². The summed E-state index contributed by atoms with van der Waals surface area (Å²) in [5, 5.41) is 0. The molecular weight excluding hydrogens is 328 g/mol. The zero-order valence-electron chi connectivity index (χ0n) is 15.9. The van der Waals surface area contributed by atoms with Gasteiger partial charge in [-0.2, -0.15) is 0 Å². The van der Waals surface area contributed by atoms with Gasteiger partial charge in [-0.1, -0.05) is 36.4 Å². The first-order chi connectivity index (χ1) is 12.7. The van der Waals surface area contributed by atoms with Gasteiger partial charge in [0.2, 0.25) is 0 Å². The Morgan fingerprint density at radius 2 is 1.54 bits per heavy atom. The molecule has 26 heavy (non-hydrogen) atoms. The number of carbonyl (C=O) groups is 1. The lowest BCUT2D eigenvalue weighted by Crippen LogP contribution is -2.19. The highest BCUT2D eigenvalue weighted by Crippen LogP contribution is 2.29. The molecule has 0 spiro atoms. The van der Waals surface area contributed by atoms with Gasteiger partial charge in [0.25, 0.3) is 0 Å². The minimum Gasteiger partial charge on any atom is -0.493 e. The van der Waals surface area contributed by atoms with E-state index in [1.54, 1.807) is 14.2 Å². The summed E-state index contributed by atoms with van der Waals surface area (Å²) in [6, 6.07) is 16.1. The number of rotatable bonds is 10. The monoisotopic (exact) mass is 356 g/mol. The Morgan fingerprint density at radius 3 is 2.15 bits per heavy atom. The van der Waals surface area contributed by atoms with Gasteiger partial charge < -0.3 is 14.2 Å². The third-order valence-corrected chi connectivity index (χ3v) is 4.47. The summed E-state index contributed by atoms with van der Waals surface area (Å²) in [4.78, 5) is 12.3. The lowest BCUT2D eigenvalue weighted by Gasteiger charge is -2.16. The lowest BCUT2D eigenvalue weighted by atomic mass is 9.93. The quantitative estimate of drug-likeness (QED) is 0.590. The van der Waals surface area contributed by atoms with Gasteiger partial charge in [-0.25, -0.2) is 0 Å². The van der Waals surface area contributed by atoms with Gasteiger partial charge in [0.1, 0.15) is 0 Å². The Morgan fingerprint density at radius 1 is 0.885 bits per heavy atom. The molecule has 4 nitrogen and oxygen atoms in total. The second-order valence-electron chi connectivity index (χ2n) is 6.20. The van der Waals surface area contributed by atoms with Gasteiger partial charge >= 0.3 is 5.97 Å². The van der Waals surface area contributed by atoms with Crippen molar-refractivity contribution in [3.63, 3.8) is 0 Å². The molecule has 1 unspecified atom stereocenters. The second-order valence-corrected chi connectivity index (χ2v) is 6.20. The molecule has 1 atom stereocenters. The minimum atomic E-state index is -0.108. The topological polar surface area (TPSA) is 44.8 Å². The summed E-state index contributed by atoms with van der Waals surface area (Å²) in [6.07, 6.45) is 3.20. The van der Waals surface area contributed by atoms with Crippen molar-refractivity contribution in [3.05, 3.63) is 59.7 Å². The van der Waals surface area contributed by atoms with E-state index in [2.05, 4.69) is 12.1 Å². The molecular formula is C22H28O4. The smallest absolute Gasteiger partial charge is 0.308 e. The second kappa shape index (κ2) is 10.5. The van der Waals surface area contributed by atoms with E-state index < -0.39 is 0 Å². The molecule has 0 aliphatic heterocycles. The summed E-state index contributed by atoms with van der Waals surface area (Å²) in [5.41, 5.74) is 2.37. The zero-order chi connectivity index (χ0) is 18.8. The fourth-order valence-electron chi connectivity index (χ4n) is 3.00. The third kappa shape index (κ3) is 5.80. The summed E-state index contributed by atoms with van der Waals surface area (Å²) in [7, 11) is 3.25. The molecule has 2 aromatic rings. The summed E-state index contributed by atoms with van der Waals surface area (Å²) in [5.74, 6) is 1.21. The molecule has 2 rings (SSSR count). The van der Waals surface area contributed by atoms with Gasteiger partial charge in [-0.3, -0.25) is 4.79 Å². The number of hydrogen-bond acceptors (Lipinski definition) is 4. The van der Waals surface area contributed by atoms with Crippen LogP contribution < -0.4 is 9.47 Å². The Hall–Kier alpha value is -2.49. The van der Waals surface area contributed by atoms with Crippen LogP contribution in [0.5, 0.6) is 11.5 Å². The van der Waals surface area contributed by atoms with E-state index in [-0.39, 0.29) is 11.9 Å². The van der Waals surface area contributed by atoms with Crippen LogP contribution in [0.1, 0.15) is 30.9 Å². The van der Waals surface area contributed by atoms with Gasteiger partial charge in [-0.15, -0.1) is 0 Å². The van der Waals surface area contributed by atoms with Crippen molar-refractivity contribution in [1.29, 1.82) is 0 Å². The number of aryl methyl sites for hydroxylation is 2. The van der Waals surface area contributed by atoms with Gasteiger partial charge in [0, 0.05) is 0 Å². The Labute approximate surface area is 156 Å². The molecule has 2 aromatic carbocycles. The predicted octanol–water partition coefficient (Wildman–Crippen LogP) is 4.45. The van der Waals surface area contributed by atoms with E-state index in [1.807, 2.05) is 43.3 Å². The molecule has 0 bridgehead atoms. The molecule has 0 aliphatic rings. The molecule has 0 saturated carbocycles. The predicted molar refractivity (Wildman–Crippen MR) is 103 cm³/mol. The molecule has 0 heterocycles. The van der Waals surface area contributed by atoms with Gasteiger partial charge in [0.05, 0.1) is 26.7 Å². The molecule has 0 fully saturated rings. The Kier molecular flexibility index (Phi) is 8.00. The Balaban J connectivity index is 2.00. The van der Waals surface area contributed by atoms with E-state index in [4.69, 9.17) is 14.2 Å². The molecule has 0 radical (unpaired) electrons. The van der Waals surface area contributed by atoms with E-state index in [1.165, 1.54) is 5.56 Å². The van der Waals surface area contributed by atoms with Crippen molar-refractivity contribution in [1.82, 2.24) is 0 Å². The minimum absolute atomic E-state index is 0.107. The van der Waals surface area contributed by atoms with Crippen LogP contribution in [0.25, 0.3) is 0 Å². The van der Waals surface area contributed by atoms with Crippen LogP contribution in [0, 0.1) is 5.92 Å². The Bertz CT molecular complexity index is 682. The van der Waals surface area contributed by atoms with Crippen molar-refractivity contribution in [3.8, 4) is 11.5 Å². The van der Waals surface area contributed by atoms with E-state index in [0.29, 0.717) is 18.1 Å². The number of esters is 1. The highest BCUT2D eigenvalue weighted by Gasteiger charge is 2.20. The maximum Gasteiger partial charge on any atom is 0.308 e. The number of hydrogen-bond donors (Lipinski definition) is 0. The van der Waals surface area contributed by atoms with Crippen LogP contribution in [0.2, 0.25) is 0 Å². The fourth-order valence-corrected chi connectivity index (χ4v) is 3.00. The number of benzene rings is 2. The third-order valence-electron chi connectivity index (χ3n) is 4.47. The largest absolute Gasteiger partial charge is 0.493 e. The average Bonchev–Trinajstić information content (AvgIpc) is 2.68. The normalized spacial score (nSPS) is 11.7. The standard InChI is InChI=1S/C22H28O4/c1-4-26-22(23)19(13-10-17-8-6-5-7-9-17)14-11-18-12-15-20(24-2)21(16-18)25-3/h5-9,12,15-16,19H,4,10-11,13-14H2,1-3H3. The number of methoxy groups -OCH3 is 2. The van der Waals surface area contributed by atoms with Crippen LogP contribution in [0.4, 0.5) is 0 Å². The highest BCUT2D eigenvalue weighted by atomic mass is 16.5. The molecule has 140 valence electrons. The van der Waals surface area contributed by atoms with Crippen molar-refractivity contribution < 1.29 is 19.0 Å². The SMILES string of the molecule is CCOC(=O)C(CCc1ccccc1)CCc1ccc(OC)c(OC)c1. The van der Waals surface area contributed by atoms with Crippen molar-refractivity contribution >= 4 is 5.97 Å². The van der Waals surface area contributed by atoms with Crippen molar-refractivity contribution in [2.45, 2.75) is 32.6 Å². The summed E-state index contributed by atoms with van der Waals surface area (Å²) < 4.78 is 15.9. The van der Waals surface area contributed by atoms with Crippen molar-refractivity contribution in [2.75, 3.05) is 20.8 Å². The zero-order valence-corrected chi connectivity index (χ0v) is 15.9. The lowest BCUT2D eigenvalue weighted by molar-refractivity contribution is -0.148. The molecule has 0 aliphatic carbocycles. The van der Waals surface area contributed by atoms with Gasteiger partial charge in [-0.05, 0) is 55.9 Å². The maximum absolute atomic E-state index is 12.3. The van der Waals surface area contributed by atoms with Crippen LogP contribution in [0.3, 0.4) is 0 Å². The summed E-state index contributed by atoms with van der Waals surface area (Å²) in [6.45, 7) is 2.26. The first-order valence-corrected chi connectivity index (χ1v) is 9.09. The molecule has 4 heteroatoms. The maximum atomic E-state index is 12.3. The van der Waals surface area contributed by atoms with Crippen LogP contribution in [-0.4, -0.2) is 26.8 Å². The van der Waals surface area contributed by atoms with Crippen LogP contribution in [0.15, 0.2) is 48.5 Å². The van der Waals surface area contributed by atoms with Crippen LogP contribution in [-0.2, 0) is 22.4 Å². The first-order valence-electron chi connectivity index (χ1n) is 9.09. The van der Waals surface area contributed by atoms with E-state index in [0.717, 1.165) is 31.2 Å². The van der Waals surface area contributed by atoms with Crippen molar-refractivity contribution in [2.24, 2.45) is 5.92 Å². The summed E-state index contributed by atoms with van der Waals surface area (Å²) >= 11 is 0. The molecule has 0 amide bonds. The molecule has 0 N–H and O–H groups in total. The highest BCUT2D eigenvalue weighted by molar-refractivity contribution is 5.72. The average molecular weight is 356 g/mol.